The highest BCUT2D eigenvalue weighted by molar-refractivity contribution is 5.97. The molecule has 2 atom stereocenters. The average molecular weight is 515 g/mol. The summed E-state index contributed by atoms with van der Waals surface area (Å²) in [6.07, 6.45) is 1.44. The van der Waals surface area contributed by atoms with Crippen LogP contribution in [0.3, 0.4) is 0 Å². The molecule has 2 aliphatic rings. The fourth-order valence-corrected chi connectivity index (χ4v) is 5.19. The Hall–Kier alpha value is -3.56. The lowest BCUT2D eigenvalue weighted by Crippen LogP contribution is -2.47. The largest absolute Gasteiger partial charge is 0.444 e. The molecule has 1 fully saturated rings. The van der Waals surface area contributed by atoms with Gasteiger partial charge in [-0.05, 0) is 63.4 Å². The number of halogens is 3. The fraction of sp³-hybridized carbons (Fsp3) is 0.444. The Labute approximate surface area is 212 Å². The first-order valence-corrected chi connectivity index (χ1v) is 12.4. The maximum atomic E-state index is 14.8. The predicted molar refractivity (Wildman–Crippen MR) is 131 cm³/mol. The zero-order chi connectivity index (χ0) is 26.5. The number of nitrogens with zero attached hydrogens (tertiary/aromatic N) is 3. The van der Waals surface area contributed by atoms with Crippen LogP contribution in [0.15, 0.2) is 30.3 Å². The standard InChI is InChI=1S/C27H29F3N4O3/c1-27(2,3)37-26(36)32-22-14-34-23-7-6-15(25(35)33-8-4-5-9-33)10-21(23)31-24(34)12-17(22)16-11-19(29)20(30)13-18(16)28/h6-7,10-11,13,17,22H,4-5,8-9,12,14H2,1-3H3,(H,32,36)/t17-,22+/m1/s1. The number of rotatable bonds is 3. The molecule has 0 aliphatic carbocycles. The molecule has 7 nitrogen and oxygen atoms in total. The molecule has 1 aromatic heterocycles. The fourth-order valence-electron chi connectivity index (χ4n) is 5.19. The molecule has 0 unspecified atom stereocenters. The van der Waals surface area contributed by atoms with Crippen LogP contribution in [0.1, 0.15) is 61.3 Å². The molecule has 3 aromatic rings. The molecular formula is C27H29F3N4O3. The van der Waals surface area contributed by atoms with Crippen molar-refractivity contribution < 1.29 is 27.5 Å². The highest BCUT2D eigenvalue weighted by atomic mass is 19.2. The average Bonchev–Trinajstić information content (AvgIpc) is 3.47. The lowest BCUT2D eigenvalue weighted by molar-refractivity contribution is 0.0484. The first kappa shape index (κ1) is 25.1. The molecule has 3 heterocycles. The second-order valence-corrected chi connectivity index (χ2v) is 10.7. The van der Waals surface area contributed by atoms with E-state index in [9.17, 15) is 22.8 Å². The Morgan fingerprint density at radius 2 is 1.73 bits per heavy atom. The van der Waals surface area contributed by atoms with E-state index in [1.54, 1.807) is 32.9 Å². The Bertz CT molecular complexity index is 1380. The number of likely N-dealkylation sites (tertiary alicyclic amines) is 1. The molecule has 0 bridgehead atoms. The van der Waals surface area contributed by atoms with Gasteiger partial charge in [-0.2, -0.15) is 0 Å². The number of imidazole rings is 1. The van der Waals surface area contributed by atoms with Gasteiger partial charge < -0.3 is 19.5 Å². The molecule has 2 aromatic carbocycles. The molecule has 0 saturated carbocycles. The Morgan fingerprint density at radius 3 is 2.43 bits per heavy atom. The zero-order valence-corrected chi connectivity index (χ0v) is 21.0. The van der Waals surface area contributed by atoms with Gasteiger partial charge in [0.2, 0.25) is 0 Å². The number of carbonyl (C=O) groups is 2. The quantitative estimate of drug-likeness (QED) is 0.504. The van der Waals surface area contributed by atoms with Gasteiger partial charge in [0, 0.05) is 43.6 Å². The smallest absolute Gasteiger partial charge is 0.407 e. The van der Waals surface area contributed by atoms with Crippen molar-refractivity contribution in [1.82, 2.24) is 19.8 Å². The van der Waals surface area contributed by atoms with Gasteiger partial charge in [0.05, 0.1) is 17.1 Å². The summed E-state index contributed by atoms with van der Waals surface area (Å²) in [7, 11) is 0. The lowest BCUT2D eigenvalue weighted by Gasteiger charge is -2.34. The minimum atomic E-state index is -1.28. The van der Waals surface area contributed by atoms with E-state index < -0.39 is 41.1 Å². The van der Waals surface area contributed by atoms with Gasteiger partial charge in [0.15, 0.2) is 11.6 Å². The van der Waals surface area contributed by atoms with E-state index in [0.717, 1.165) is 37.5 Å². The summed E-state index contributed by atoms with van der Waals surface area (Å²) in [4.78, 5) is 32.0. The normalized spacial score (nSPS) is 19.7. The number of amides is 2. The highest BCUT2D eigenvalue weighted by Gasteiger charge is 2.36. The van der Waals surface area contributed by atoms with Crippen molar-refractivity contribution in [3.8, 4) is 0 Å². The highest BCUT2D eigenvalue weighted by Crippen LogP contribution is 2.35. The summed E-state index contributed by atoms with van der Waals surface area (Å²) < 4.78 is 49.9. The molecule has 2 amide bonds. The van der Waals surface area contributed by atoms with Crippen molar-refractivity contribution in [2.45, 2.75) is 64.1 Å². The minimum Gasteiger partial charge on any atom is -0.444 e. The lowest BCUT2D eigenvalue weighted by atomic mass is 9.85. The van der Waals surface area contributed by atoms with Gasteiger partial charge in [0.25, 0.3) is 5.91 Å². The number of carbonyl (C=O) groups excluding carboxylic acids is 2. The Kier molecular flexibility index (Phi) is 6.37. The van der Waals surface area contributed by atoms with Crippen LogP contribution in [-0.4, -0.2) is 51.2 Å². The van der Waals surface area contributed by atoms with Crippen molar-refractivity contribution in [2.75, 3.05) is 13.1 Å². The summed E-state index contributed by atoms with van der Waals surface area (Å²) in [5, 5.41) is 2.79. The number of benzene rings is 2. The van der Waals surface area contributed by atoms with E-state index >= 15 is 0 Å². The molecule has 196 valence electrons. The van der Waals surface area contributed by atoms with Gasteiger partial charge in [-0.15, -0.1) is 0 Å². The Morgan fingerprint density at radius 1 is 1.03 bits per heavy atom. The second kappa shape index (κ2) is 9.39. The summed E-state index contributed by atoms with van der Waals surface area (Å²) in [6, 6.07) is 5.98. The summed E-state index contributed by atoms with van der Waals surface area (Å²) >= 11 is 0. The Balaban J connectivity index is 1.51. The monoisotopic (exact) mass is 514 g/mol. The van der Waals surface area contributed by atoms with Crippen LogP contribution in [0.25, 0.3) is 11.0 Å². The number of aromatic nitrogens is 2. The number of ether oxygens (including phenoxy) is 1. The molecule has 1 saturated heterocycles. The number of alkyl carbamates (subject to hydrolysis) is 1. The van der Waals surface area contributed by atoms with E-state index in [4.69, 9.17) is 9.72 Å². The van der Waals surface area contributed by atoms with Crippen LogP contribution in [-0.2, 0) is 17.7 Å². The van der Waals surface area contributed by atoms with Gasteiger partial charge in [-0.1, -0.05) is 0 Å². The summed E-state index contributed by atoms with van der Waals surface area (Å²) in [6.45, 7) is 6.84. The van der Waals surface area contributed by atoms with Crippen molar-refractivity contribution >= 4 is 23.0 Å². The molecular weight excluding hydrogens is 485 g/mol. The molecule has 0 radical (unpaired) electrons. The molecule has 0 spiro atoms. The van der Waals surface area contributed by atoms with Crippen molar-refractivity contribution in [1.29, 1.82) is 0 Å². The van der Waals surface area contributed by atoms with Crippen molar-refractivity contribution in [3.05, 3.63) is 64.7 Å². The van der Waals surface area contributed by atoms with E-state index in [0.29, 0.717) is 23.0 Å². The summed E-state index contributed by atoms with van der Waals surface area (Å²) in [5.41, 5.74) is 1.09. The third-order valence-electron chi connectivity index (χ3n) is 6.88. The third-order valence-corrected chi connectivity index (χ3v) is 6.88. The second-order valence-electron chi connectivity index (χ2n) is 10.7. The van der Waals surface area contributed by atoms with E-state index in [1.807, 2.05) is 15.5 Å². The molecule has 2 aliphatic heterocycles. The molecule has 37 heavy (non-hydrogen) atoms. The minimum absolute atomic E-state index is 0.0448. The van der Waals surface area contributed by atoms with Crippen LogP contribution in [0.2, 0.25) is 0 Å². The van der Waals surface area contributed by atoms with Gasteiger partial charge in [-0.25, -0.2) is 22.9 Å². The van der Waals surface area contributed by atoms with E-state index in [-0.39, 0.29) is 24.4 Å². The number of fused-ring (bicyclic) bond motifs is 3. The topological polar surface area (TPSA) is 76.5 Å². The predicted octanol–water partition coefficient (Wildman–Crippen LogP) is 4.92. The van der Waals surface area contributed by atoms with Crippen LogP contribution < -0.4 is 5.32 Å². The molecule has 10 heteroatoms. The van der Waals surface area contributed by atoms with Crippen molar-refractivity contribution in [2.24, 2.45) is 0 Å². The van der Waals surface area contributed by atoms with Crippen LogP contribution in [0.5, 0.6) is 0 Å². The van der Waals surface area contributed by atoms with Crippen LogP contribution >= 0.6 is 0 Å². The van der Waals surface area contributed by atoms with Crippen molar-refractivity contribution in [3.63, 3.8) is 0 Å². The summed E-state index contributed by atoms with van der Waals surface area (Å²) in [5.74, 6) is -3.53. The first-order chi connectivity index (χ1) is 17.5. The maximum Gasteiger partial charge on any atom is 0.407 e. The number of nitrogens with one attached hydrogen (secondary N) is 1. The number of hydrogen-bond acceptors (Lipinski definition) is 4. The van der Waals surface area contributed by atoms with Gasteiger partial charge in [0.1, 0.15) is 17.2 Å². The van der Waals surface area contributed by atoms with Gasteiger partial charge in [-0.3, -0.25) is 4.79 Å². The zero-order valence-electron chi connectivity index (χ0n) is 21.0. The number of hydrogen-bond donors (Lipinski definition) is 1. The third kappa shape index (κ3) is 5.01. The van der Waals surface area contributed by atoms with E-state index in [1.165, 1.54) is 0 Å². The SMILES string of the molecule is CC(C)(C)OC(=O)N[C@H]1Cn2c(nc3cc(C(=O)N4CCCC4)ccc32)C[C@@H]1c1cc(F)c(F)cc1F. The van der Waals surface area contributed by atoms with E-state index in [2.05, 4.69) is 5.32 Å². The van der Waals surface area contributed by atoms with Crippen LogP contribution in [0, 0.1) is 17.5 Å². The van der Waals surface area contributed by atoms with Crippen LogP contribution in [0.4, 0.5) is 18.0 Å². The maximum absolute atomic E-state index is 14.8. The van der Waals surface area contributed by atoms with Gasteiger partial charge >= 0.3 is 6.09 Å². The molecule has 1 N–H and O–H groups in total. The first-order valence-electron chi connectivity index (χ1n) is 12.4. The molecule has 5 rings (SSSR count).